The fourth-order valence-corrected chi connectivity index (χ4v) is 3.70. The molecule has 0 radical (unpaired) electrons. The number of ether oxygens (including phenoxy) is 1. The lowest BCUT2D eigenvalue weighted by Gasteiger charge is -2.28. The molecule has 1 heterocycles. The fourth-order valence-electron chi connectivity index (χ4n) is 3.70. The van der Waals surface area contributed by atoms with Crippen molar-refractivity contribution in [3.05, 3.63) is 74.3 Å². The molecule has 0 aliphatic heterocycles. The lowest BCUT2D eigenvalue weighted by atomic mass is 10.1. The molecule has 36 heavy (non-hydrogen) atoms. The maximum absolute atomic E-state index is 12.8. The summed E-state index contributed by atoms with van der Waals surface area (Å²) in [6, 6.07) is 11.5. The van der Waals surface area contributed by atoms with Crippen LogP contribution in [-0.2, 0) is 25.7 Å². The summed E-state index contributed by atoms with van der Waals surface area (Å²) < 4.78 is 5.93. The van der Waals surface area contributed by atoms with Crippen molar-refractivity contribution in [2.45, 2.75) is 46.7 Å². The van der Waals surface area contributed by atoms with Crippen molar-refractivity contribution in [2.75, 3.05) is 18.5 Å². The number of anilines is 1. The van der Waals surface area contributed by atoms with Crippen molar-refractivity contribution in [1.29, 1.82) is 0 Å². The van der Waals surface area contributed by atoms with Crippen LogP contribution in [0.1, 0.15) is 31.4 Å². The zero-order valence-electron chi connectivity index (χ0n) is 20.8. The third kappa shape index (κ3) is 6.07. The highest BCUT2D eigenvalue weighted by molar-refractivity contribution is 5.95. The molecule has 1 atom stereocenters. The molecule has 0 fully saturated rings. The van der Waals surface area contributed by atoms with E-state index < -0.39 is 36.1 Å². The van der Waals surface area contributed by atoms with E-state index in [0.717, 1.165) is 15.8 Å². The topological polar surface area (TPSA) is 131 Å². The van der Waals surface area contributed by atoms with Crippen LogP contribution < -0.4 is 16.4 Å². The number of nitrogens with zero attached hydrogens (tertiary/aromatic N) is 2. The minimum Gasteiger partial charge on any atom is -0.454 e. The Hall–Kier alpha value is -4.21. The van der Waals surface area contributed by atoms with E-state index in [2.05, 4.69) is 10.4 Å². The quantitative estimate of drug-likeness (QED) is 0.438. The number of aryl methyl sites for hydroxylation is 1. The average molecular weight is 495 g/mol. The Bertz CT molecular complexity index is 1410. The van der Waals surface area contributed by atoms with Gasteiger partial charge in [0.25, 0.3) is 17.0 Å². The van der Waals surface area contributed by atoms with Gasteiger partial charge in [-0.2, -0.15) is 0 Å². The first-order valence-corrected chi connectivity index (χ1v) is 11.6. The Morgan fingerprint density at radius 1 is 1.06 bits per heavy atom. The highest BCUT2D eigenvalue weighted by atomic mass is 16.5. The van der Waals surface area contributed by atoms with E-state index in [1.165, 1.54) is 17.0 Å². The van der Waals surface area contributed by atoms with Gasteiger partial charge < -0.3 is 15.0 Å². The summed E-state index contributed by atoms with van der Waals surface area (Å²) in [6.07, 6.45) is 0.587. The molecule has 2 N–H and O–H groups in total. The number of carbonyl (C=O) groups is 3. The fraction of sp³-hybridized carbons (Fsp3) is 0.346. The predicted molar refractivity (Wildman–Crippen MR) is 136 cm³/mol. The molecule has 3 aromatic rings. The summed E-state index contributed by atoms with van der Waals surface area (Å²) >= 11 is 0. The summed E-state index contributed by atoms with van der Waals surface area (Å²) in [5, 5.41) is 5.55. The number of fused-ring (bicyclic) bond motifs is 1. The van der Waals surface area contributed by atoms with Crippen LogP contribution in [0.25, 0.3) is 10.8 Å². The highest BCUT2D eigenvalue weighted by Gasteiger charge is 2.23. The number of nitrogens with one attached hydrogen (secondary N) is 2. The minimum atomic E-state index is -0.875. The van der Waals surface area contributed by atoms with Crippen molar-refractivity contribution in [2.24, 2.45) is 0 Å². The van der Waals surface area contributed by atoms with E-state index in [9.17, 15) is 24.0 Å². The van der Waals surface area contributed by atoms with Gasteiger partial charge in [-0.1, -0.05) is 31.2 Å². The number of amides is 2. The number of carbonyl (C=O) groups excluding carboxylic acids is 3. The second-order valence-electron chi connectivity index (χ2n) is 8.61. The lowest BCUT2D eigenvalue weighted by molar-refractivity contribution is -0.154. The first-order chi connectivity index (χ1) is 17.1. The van der Waals surface area contributed by atoms with Crippen LogP contribution in [0, 0.1) is 13.8 Å². The molecule has 0 bridgehead atoms. The first kappa shape index (κ1) is 26.4. The van der Waals surface area contributed by atoms with E-state index in [1.54, 1.807) is 25.1 Å². The van der Waals surface area contributed by atoms with Crippen molar-refractivity contribution < 1.29 is 19.1 Å². The van der Waals surface area contributed by atoms with Gasteiger partial charge in [-0.15, -0.1) is 0 Å². The molecule has 0 unspecified atom stereocenters. The Kier molecular flexibility index (Phi) is 8.42. The van der Waals surface area contributed by atoms with Crippen LogP contribution in [0.2, 0.25) is 0 Å². The number of aromatic amines is 1. The Labute approximate surface area is 207 Å². The van der Waals surface area contributed by atoms with Crippen LogP contribution in [0.4, 0.5) is 5.69 Å². The predicted octanol–water partition coefficient (Wildman–Crippen LogP) is 2.12. The average Bonchev–Trinajstić information content (AvgIpc) is 2.86. The van der Waals surface area contributed by atoms with Gasteiger partial charge in [-0.3, -0.25) is 29.1 Å². The summed E-state index contributed by atoms with van der Waals surface area (Å²) in [5.41, 5.74) is 1.55. The molecule has 10 nitrogen and oxygen atoms in total. The molecule has 0 saturated heterocycles. The second-order valence-corrected chi connectivity index (χ2v) is 8.61. The molecule has 190 valence electrons. The Morgan fingerprint density at radius 3 is 2.44 bits per heavy atom. The third-order valence-electron chi connectivity index (χ3n) is 6.16. The third-order valence-corrected chi connectivity index (χ3v) is 6.16. The smallest absolute Gasteiger partial charge is 0.328 e. The molecule has 0 saturated carbocycles. The molecule has 2 aromatic carbocycles. The van der Waals surface area contributed by atoms with Crippen molar-refractivity contribution >= 4 is 34.2 Å². The number of H-pyrrole nitrogens is 1. The van der Waals surface area contributed by atoms with Gasteiger partial charge in [-0.25, -0.2) is 4.68 Å². The normalized spacial score (nSPS) is 11.7. The lowest BCUT2D eigenvalue weighted by Crippen LogP contribution is -2.45. The van der Waals surface area contributed by atoms with Crippen LogP contribution in [0.3, 0.4) is 0 Å². The zero-order chi connectivity index (χ0) is 26.4. The summed E-state index contributed by atoms with van der Waals surface area (Å²) in [4.78, 5) is 64.0. The molecule has 10 heteroatoms. The van der Waals surface area contributed by atoms with Crippen molar-refractivity contribution in [1.82, 2.24) is 14.7 Å². The van der Waals surface area contributed by atoms with Gasteiger partial charge in [0.2, 0.25) is 5.91 Å². The van der Waals surface area contributed by atoms with Gasteiger partial charge >= 0.3 is 5.97 Å². The number of hydrogen-bond acceptors (Lipinski definition) is 6. The van der Waals surface area contributed by atoms with Crippen LogP contribution >= 0.6 is 0 Å². The van der Waals surface area contributed by atoms with E-state index in [0.29, 0.717) is 12.1 Å². The van der Waals surface area contributed by atoms with Gasteiger partial charge in [0.15, 0.2) is 6.61 Å². The summed E-state index contributed by atoms with van der Waals surface area (Å²) in [7, 11) is 0. The maximum atomic E-state index is 12.8. The number of esters is 1. The van der Waals surface area contributed by atoms with Gasteiger partial charge in [0.05, 0.1) is 10.8 Å². The first-order valence-electron chi connectivity index (χ1n) is 11.6. The Morgan fingerprint density at radius 2 is 1.75 bits per heavy atom. The van der Waals surface area contributed by atoms with Crippen molar-refractivity contribution in [3.63, 3.8) is 0 Å². The standard InChI is InChI=1S/C26H30N4O6/c1-5-17(3)29(13-22(31)27-21-12-8-9-16(2)18(21)4)23(32)15-36-24(33)14-30-26(35)20-11-7-6-10-19(20)25(34)28-30/h6-12,17H,5,13-15H2,1-4H3,(H,27,31)(H,28,34)/t17-/m1/s1. The number of rotatable bonds is 9. The molecule has 0 spiro atoms. The zero-order valence-corrected chi connectivity index (χ0v) is 20.8. The largest absolute Gasteiger partial charge is 0.454 e. The molecule has 0 aliphatic rings. The molecule has 0 aliphatic carbocycles. The van der Waals surface area contributed by atoms with E-state index in [1.807, 2.05) is 32.9 Å². The Balaban J connectivity index is 1.64. The van der Waals surface area contributed by atoms with Gasteiger partial charge in [0.1, 0.15) is 13.1 Å². The monoisotopic (exact) mass is 494 g/mol. The molecular weight excluding hydrogens is 464 g/mol. The molecule has 2 amide bonds. The van der Waals surface area contributed by atoms with Crippen LogP contribution in [-0.4, -0.2) is 51.7 Å². The SMILES string of the molecule is CC[C@@H](C)N(CC(=O)Nc1cccc(C)c1C)C(=O)COC(=O)Cn1[nH]c(=O)c2ccccc2c1=O. The maximum Gasteiger partial charge on any atom is 0.328 e. The molecular formula is C26H30N4O6. The second kappa shape index (κ2) is 11.5. The summed E-state index contributed by atoms with van der Waals surface area (Å²) in [6.45, 7) is 6.13. The minimum absolute atomic E-state index is 0.169. The van der Waals surface area contributed by atoms with E-state index in [4.69, 9.17) is 4.74 Å². The number of benzene rings is 2. The summed E-state index contributed by atoms with van der Waals surface area (Å²) in [5.74, 6) is -1.79. The van der Waals surface area contributed by atoms with Gasteiger partial charge in [-0.05, 0) is 56.5 Å². The number of aromatic nitrogens is 2. The van der Waals surface area contributed by atoms with E-state index >= 15 is 0 Å². The molecule has 1 aromatic heterocycles. The van der Waals surface area contributed by atoms with Crippen LogP contribution in [0.5, 0.6) is 0 Å². The molecule has 3 rings (SSSR count). The van der Waals surface area contributed by atoms with Gasteiger partial charge in [0, 0.05) is 11.7 Å². The van der Waals surface area contributed by atoms with Crippen molar-refractivity contribution in [3.8, 4) is 0 Å². The number of hydrogen-bond donors (Lipinski definition) is 2. The highest BCUT2D eigenvalue weighted by Crippen LogP contribution is 2.18. The van der Waals surface area contributed by atoms with E-state index in [-0.39, 0.29) is 29.3 Å². The van der Waals surface area contributed by atoms with Crippen LogP contribution in [0.15, 0.2) is 52.1 Å².